The third-order valence-electron chi connectivity index (χ3n) is 5.95. The SMILES string of the molecule is COc1cc(F)ccc1-c1ccc2c3c1CN(c1cccc(SC)c1)C3=CC(C)(C)N2. The minimum Gasteiger partial charge on any atom is -0.496 e. The Morgan fingerprint density at radius 1 is 1.06 bits per heavy atom. The zero-order chi connectivity index (χ0) is 21.8. The van der Waals surface area contributed by atoms with Gasteiger partial charge in [-0.05, 0) is 73.7 Å². The van der Waals surface area contributed by atoms with Crippen LogP contribution in [0.25, 0.3) is 16.8 Å². The Balaban J connectivity index is 1.71. The van der Waals surface area contributed by atoms with E-state index in [1.165, 1.54) is 39.5 Å². The summed E-state index contributed by atoms with van der Waals surface area (Å²) < 4.78 is 19.4. The molecule has 31 heavy (non-hydrogen) atoms. The maximum absolute atomic E-state index is 13.8. The zero-order valence-electron chi connectivity index (χ0n) is 18.1. The van der Waals surface area contributed by atoms with E-state index in [0.29, 0.717) is 5.75 Å². The molecule has 0 aliphatic carbocycles. The first-order valence-electron chi connectivity index (χ1n) is 10.3. The van der Waals surface area contributed by atoms with Crippen LogP contribution < -0.4 is 15.0 Å². The van der Waals surface area contributed by atoms with E-state index in [9.17, 15) is 4.39 Å². The van der Waals surface area contributed by atoms with Crippen molar-refractivity contribution in [3.63, 3.8) is 0 Å². The summed E-state index contributed by atoms with van der Waals surface area (Å²) in [6.07, 6.45) is 4.41. The molecule has 3 aromatic rings. The fraction of sp³-hybridized carbons (Fsp3) is 0.231. The van der Waals surface area contributed by atoms with Gasteiger partial charge in [0.25, 0.3) is 0 Å². The summed E-state index contributed by atoms with van der Waals surface area (Å²) in [5.74, 6) is 0.253. The van der Waals surface area contributed by atoms with Crippen molar-refractivity contribution in [2.45, 2.75) is 30.8 Å². The van der Waals surface area contributed by atoms with Gasteiger partial charge in [0.1, 0.15) is 11.6 Å². The predicted molar refractivity (Wildman–Crippen MR) is 128 cm³/mol. The van der Waals surface area contributed by atoms with Crippen LogP contribution in [-0.2, 0) is 6.54 Å². The zero-order valence-corrected chi connectivity index (χ0v) is 18.9. The van der Waals surface area contributed by atoms with Crippen LogP contribution in [0.3, 0.4) is 0 Å². The summed E-state index contributed by atoms with van der Waals surface area (Å²) >= 11 is 1.75. The van der Waals surface area contributed by atoms with Crippen LogP contribution in [0.1, 0.15) is 25.0 Å². The Labute approximate surface area is 186 Å². The van der Waals surface area contributed by atoms with Crippen molar-refractivity contribution in [3.8, 4) is 16.9 Å². The molecule has 0 radical (unpaired) electrons. The first-order valence-corrected chi connectivity index (χ1v) is 11.6. The van der Waals surface area contributed by atoms with Crippen molar-refractivity contribution < 1.29 is 9.13 Å². The van der Waals surface area contributed by atoms with Crippen LogP contribution in [-0.4, -0.2) is 18.9 Å². The molecule has 3 nitrogen and oxygen atoms in total. The molecule has 2 aliphatic heterocycles. The van der Waals surface area contributed by atoms with E-state index in [1.54, 1.807) is 18.9 Å². The lowest BCUT2D eigenvalue weighted by Crippen LogP contribution is -2.33. The van der Waals surface area contributed by atoms with Gasteiger partial charge in [-0.2, -0.15) is 0 Å². The molecule has 0 amide bonds. The minimum absolute atomic E-state index is 0.158. The number of methoxy groups -OCH3 is 1. The van der Waals surface area contributed by atoms with Gasteiger partial charge in [-0.15, -0.1) is 11.8 Å². The van der Waals surface area contributed by atoms with Crippen LogP contribution in [0.4, 0.5) is 15.8 Å². The van der Waals surface area contributed by atoms with Crippen molar-refractivity contribution in [3.05, 3.63) is 77.6 Å². The molecule has 5 rings (SSSR count). The summed E-state index contributed by atoms with van der Waals surface area (Å²) in [5, 5.41) is 3.66. The minimum atomic E-state index is -0.297. The van der Waals surface area contributed by atoms with Crippen LogP contribution in [0.15, 0.2) is 65.6 Å². The highest BCUT2D eigenvalue weighted by atomic mass is 32.2. The van der Waals surface area contributed by atoms with Crippen LogP contribution in [0.5, 0.6) is 5.75 Å². The summed E-state index contributed by atoms with van der Waals surface area (Å²) in [4.78, 5) is 3.62. The molecule has 0 aromatic heterocycles. The normalized spacial score (nSPS) is 15.9. The fourth-order valence-corrected chi connectivity index (χ4v) is 5.06. The van der Waals surface area contributed by atoms with Gasteiger partial charge in [0.15, 0.2) is 0 Å². The number of ether oxygens (including phenoxy) is 1. The Hall–Kier alpha value is -2.92. The molecule has 0 atom stereocenters. The molecule has 0 fully saturated rings. The van der Waals surface area contributed by atoms with Crippen LogP contribution >= 0.6 is 11.8 Å². The number of halogens is 1. The average molecular weight is 433 g/mol. The molecule has 3 aromatic carbocycles. The maximum Gasteiger partial charge on any atom is 0.129 e. The quantitative estimate of drug-likeness (QED) is 0.459. The molecule has 0 unspecified atom stereocenters. The molecule has 0 saturated carbocycles. The molecule has 158 valence electrons. The lowest BCUT2D eigenvalue weighted by Gasteiger charge is -2.33. The number of nitrogens with one attached hydrogen (secondary N) is 1. The second-order valence-corrected chi connectivity index (χ2v) is 9.40. The number of hydrogen-bond donors (Lipinski definition) is 1. The van der Waals surface area contributed by atoms with Crippen molar-refractivity contribution >= 4 is 28.8 Å². The number of benzene rings is 3. The number of anilines is 2. The van der Waals surface area contributed by atoms with Gasteiger partial charge >= 0.3 is 0 Å². The van der Waals surface area contributed by atoms with Gasteiger partial charge in [0.05, 0.1) is 12.6 Å². The summed E-state index contributed by atoms with van der Waals surface area (Å²) in [7, 11) is 1.59. The highest BCUT2D eigenvalue weighted by Gasteiger charge is 2.36. The fourth-order valence-electron chi connectivity index (χ4n) is 4.61. The standard InChI is InChI=1S/C26H25FN2OS/c1-26(2)14-23-25-21(15-29(23)17-6-5-7-18(13-17)31-4)19(10-11-22(25)28-26)20-9-8-16(27)12-24(20)30-3/h5-14,28H,15H2,1-4H3. The number of nitrogens with zero attached hydrogens (tertiary/aromatic N) is 1. The smallest absolute Gasteiger partial charge is 0.129 e. The third-order valence-corrected chi connectivity index (χ3v) is 6.67. The number of rotatable bonds is 4. The third kappa shape index (κ3) is 3.37. The Bertz CT molecular complexity index is 1220. The van der Waals surface area contributed by atoms with Gasteiger partial charge < -0.3 is 15.0 Å². The topological polar surface area (TPSA) is 24.5 Å². The van der Waals surface area contributed by atoms with E-state index in [4.69, 9.17) is 4.74 Å². The van der Waals surface area contributed by atoms with E-state index >= 15 is 0 Å². The van der Waals surface area contributed by atoms with Gasteiger partial charge in [0, 0.05) is 45.7 Å². The average Bonchev–Trinajstić information content (AvgIpc) is 3.13. The summed E-state index contributed by atoms with van der Waals surface area (Å²) in [6, 6.07) is 17.7. The highest BCUT2D eigenvalue weighted by Crippen LogP contribution is 2.49. The first kappa shape index (κ1) is 20.0. The van der Waals surface area contributed by atoms with E-state index in [2.05, 4.69) is 72.8 Å². The van der Waals surface area contributed by atoms with Crippen molar-refractivity contribution in [2.75, 3.05) is 23.6 Å². The molecule has 2 aliphatic rings. The van der Waals surface area contributed by atoms with Gasteiger partial charge in [-0.25, -0.2) is 4.39 Å². The second kappa shape index (κ2) is 7.34. The molecule has 0 bridgehead atoms. The second-order valence-electron chi connectivity index (χ2n) is 8.52. The molecule has 5 heteroatoms. The number of thioether (sulfide) groups is 1. The Kier molecular flexibility index (Phi) is 4.74. The molecular weight excluding hydrogens is 407 g/mol. The lowest BCUT2D eigenvalue weighted by molar-refractivity contribution is 0.413. The van der Waals surface area contributed by atoms with E-state index in [-0.39, 0.29) is 11.4 Å². The van der Waals surface area contributed by atoms with Crippen molar-refractivity contribution in [1.29, 1.82) is 0 Å². The summed E-state index contributed by atoms with van der Waals surface area (Å²) in [6.45, 7) is 5.13. The van der Waals surface area contributed by atoms with E-state index in [0.717, 1.165) is 23.4 Å². The molecular formula is C26H25FN2OS. The largest absolute Gasteiger partial charge is 0.496 e. The van der Waals surface area contributed by atoms with Crippen LogP contribution in [0.2, 0.25) is 0 Å². The van der Waals surface area contributed by atoms with Gasteiger partial charge in [0.2, 0.25) is 0 Å². The molecule has 0 spiro atoms. The molecule has 1 N–H and O–H groups in total. The van der Waals surface area contributed by atoms with Crippen molar-refractivity contribution in [2.24, 2.45) is 0 Å². The monoisotopic (exact) mass is 432 g/mol. The van der Waals surface area contributed by atoms with E-state index in [1.807, 2.05) is 6.07 Å². The highest BCUT2D eigenvalue weighted by molar-refractivity contribution is 7.98. The molecule has 2 heterocycles. The summed E-state index contributed by atoms with van der Waals surface area (Å²) in [5.41, 5.74) is 7.80. The van der Waals surface area contributed by atoms with Gasteiger partial charge in [-0.3, -0.25) is 0 Å². The molecule has 0 saturated heterocycles. The first-order chi connectivity index (χ1) is 14.9. The Morgan fingerprint density at radius 3 is 2.65 bits per heavy atom. The number of hydrogen-bond acceptors (Lipinski definition) is 4. The Morgan fingerprint density at radius 2 is 1.87 bits per heavy atom. The maximum atomic E-state index is 13.8. The lowest BCUT2D eigenvalue weighted by atomic mass is 9.89. The van der Waals surface area contributed by atoms with E-state index < -0.39 is 0 Å². The predicted octanol–water partition coefficient (Wildman–Crippen LogP) is 6.79. The van der Waals surface area contributed by atoms with Crippen molar-refractivity contribution in [1.82, 2.24) is 0 Å². The van der Waals surface area contributed by atoms with Gasteiger partial charge in [-0.1, -0.05) is 12.1 Å². The van der Waals surface area contributed by atoms with Crippen LogP contribution in [0, 0.1) is 5.82 Å².